The van der Waals surface area contributed by atoms with Crippen LogP contribution in [0.3, 0.4) is 0 Å². The van der Waals surface area contributed by atoms with Crippen LogP contribution in [0.4, 0.5) is 0 Å². The van der Waals surface area contributed by atoms with Gasteiger partial charge in [-0.15, -0.1) is 0 Å². The predicted octanol–water partition coefficient (Wildman–Crippen LogP) is 9.47. The highest BCUT2D eigenvalue weighted by Crippen LogP contribution is 2.47. The Bertz CT molecular complexity index is 2530. The standard InChI is InChI=1S/C38H22N4/c1-2-15-28-24(11-1)29-21-23(41-33-18-8-3-12-25(33)26-13-4-9-19-34(26)41)22-30-27-14-5-10-20-35(27)42(37(29)30)38-36(28)39-31-16-6-7-17-32(31)40-38/h1-22H. The van der Waals surface area contributed by atoms with Gasteiger partial charge in [0.2, 0.25) is 0 Å². The lowest BCUT2D eigenvalue weighted by molar-refractivity contribution is 1.08. The lowest BCUT2D eigenvalue weighted by atomic mass is 9.95. The van der Waals surface area contributed by atoms with Gasteiger partial charge < -0.3 is 4.57 Å². The monoisotopic (exact) mass is 534 g/mol. The molecule has 1 aliphatic heterocycles. The van der Waals surface area contributed by atoms with Gasteiger partial charge in [-0.1, -0.05) is 91.0 Å². The Hall–Kier alpha value is -5.74. The maximum absolute atomic E-state index is 5.27. The third-order valence-corrected chi connectivity index (χ3v) is 8.83. The van der Waals surface area contributed by atoms with Gasteiger partial charge in [-0.2, -0.15) is 0 Å². The van der Waals surface area contributed by atoms with Gasteiger partial charge in [-0.25, -0.2) is 9.97 Å². The first kappa shape index (κ1) is 22.0. The van der Waals surface area contributed by atoms with Crippen LogP contribution in [0.5, 0.6) is 0 Å². The fourth-order valence-corrected chi connectivity index (χ4v) is 7.09. The van der Waals surface area contributed by atoms with Gasteiger partial charge in [0.1, 0.15) is 5.69 Å². The fraction of sp³-hybridized carbons (Fsp3) is 0. The van der Waals surface area contributed by atoms with Crippen molar-refractivity contribution in [2.75, 3.05) is 0 Å². The zero-order valence-electron chi connectivity index (χ0n) is 22.5. The minimum absolute atomic E-state index is 0.871. The number of para-hydroxylation sites is 5. The molecule has 0 saturated carbocycles. The Morgan fingerprint density at radius 3 is 1.62 bits per heavy atom. The molecule has 0 fully saturated rings. The molecule has 1 aliphatic rings. The number of aromatic nitrogens is 4. The van der Waals surface area contributed by atoms with Crippen LogP contribution >= 0.6 is 0 Å². The largest absolute Gasteiger partial charge is 0.309 e. The molecule has 0 spiro atoms. The van der Waals surface area contributed by atoms with E-state index in [0.717, 1.165) is 50.4 Å². The summed E-state index contributed by atoms with van der Waals surface area (Å²) < 4.78 is 4.75. The van der Waals surface area contributed by atoms with Crippen LogP contribution in [-0.2, 0) is 0 Å². The molecular weight excluding hydrogens is 512 g/mol. The third kappa shape index (κ3) is 2.76. The molecule has 0 N–H and O–H groups in total. The molecule has 0 saturated heterocycles. The summed E-state index contributed by atoms with van der Waals surface area (Å²) in [7, 11) is 0. The molecule has 0 amide bonds. The van der Waals surface area contributed by atoms with Gasteiger partial charge in [0.25, 0.3) is 0 Å². The first-order chi connectivity index (χ1) is 20.8. The van der Waals surface area contributed by atoms with Crippen molar-refractivity contribution < 1.29 is 0 Å². The summed E-state index contributed by atoms with van der Waals surface area (Å²) in [5.74, 6) is 0.871. The maximum Gasteiger partial charge on any atom is 0.165 e. The topological polar surface area (TPSA) is 35.6 Å². The second-order valence-electron chi connectivity index (χ2n) is 11.0. The van der Waals surface area contributed by atoms with Gasteiger partial charge in [0, 0.05) is 38.4 Å². The second-order valence-corrected chi connectivity index (χ2v) is 11.0. The Balaban J connectivity index is 1.43. The van der Waals surface area contributed by atoms with E-state index in [0.29, 0.717) is 0 Å². The SMILES string of the molecule is c1ccc2c(c1)-c1nc3ccccc3nc1-n1c3ccccc3c3cc(-n4c5ccccc5c5ccccc54)cc-2c31. The number of fused-ring (bicyclic) bond motifs is 12. The van der Waals surface area contributed by atoms with Gasteiger partial charge >= 0.3 is 0 Å². The summed E-state index contributed by atoms with van der Waals surface area (Å²) in [6, 6.07) is 47.6. The van der Waals surface area contributed by atoms with Crippen LogP contribution in [0.2, 0.25) is 0 Å². The summed E-state index contributed by atoms with van der Waals surface area (Å²) in [6.07, 6.45) is 0. The predicted molar refractivity (Wildman–Crippen MR) is 173 cm³/mol. The quantitative estimate of drug-likeness (QED) is 0.210. The lowest BCUT2D eigenvalue weighted by Gasteiger charge is -2.13. The molecule has 9 aromatic rings. The van der Waals surface area contributed by atoms with Crippen molar-refractivity contribution in [1.29, 1.82) is 0 Å². The molecule has 4 heterocycles. The smallest absolute Gasteiger partial charge is 0.165 e. The van der Waals surface area contributed by atoms with Crippen molar-refractivity contribution in [3.8, 4) is 33.9 Å². The highest BCUT2D eigenvalue weighted by atomic mass is 15.1. The number of nitrogens with zero attached hydrogens (tertiary/aromatic N) is 4. The van der Waals surface area contributed by atoms with E-state index >= 15 is 0 Å². The number of hydrogen-bond acceptors (Lipinski definition) is 2. The summed E-state index contributed by atoms with van der Waals surface area (Å²) in [4.78, 5) is 10.5. The van der Waals surface area contributed by atoms with Crippen molar-refractivity contribution in [2.45, 2.75) is 0 Å². The highest BCUT2D eigenvalue weighted by Gasteiger charge is 2.28. The van der Waals surface area contributed by atoms with E-state index in [2.05, 4.69) is 124 Å². The van der Waals surface area contributed by atoms with E-state index in [4.69, 9.17) is 9.97 Å². The van der Waals surface area contributed by atoms with Gasteiger partial charge in [-0.05, 0) is 48.0 Å². The van der Waals surface area contributed by atoms with E-state index in [1.807, 2.05) is 18.2 Å². The molecule has 4 nitrogen and oxygen atoms in total. The Kier molecular flexibility index (Phi) is 4.15. The van der Waals surface area contributed by atoms with Crippen molar-refractivity contribution >= 4 is 54.6 Å². The van der Waals surface area contributed by atoms with E-state index in [1.165, 1.54) is 38.1 Å². The Morgan fingerprint density at radius 2 is 0.929 bits per heavy atom. The molecule has 0 atom stereocenters. The first-order valence-electron chi connectivity index (χ1n) is 14.3. The fourth-order valence-electron chi connectivity index (χ4n) is 7.09. The number of hydrogen-bond donors (Lipinski definition) is 0. The van der Waals surface area contributed by atoms with Crippen LogP contribution in [-0.4, -0.2) is 19.1 Å². The molecule has 0 aliphatic carbocycles. The van der Waals surface area contributed by atoms with Crippen molar-refractivity contribution in [1.82, 2.24) is 19.1 Å². The Labute approximate surface area is 240 Å². The van der Waals surface area contributed by atoms with Crippen LogP contribution in [0, 0.1) is 0 Å². The minimum Gasteiger partial charge on any atom is -0.309 e. The van der Waals surface area contributed by atoms with Crippen molar-refractivity contribution in [3.05, 3.63) is 133 Å². The van der Waals surface area contributed by atoms with E-state index in [1.54, 1.807) is 0 Å². The zero-order chi connectivity index (χ0) is 27.4. The average Bonchev–Trinajstić information content (AvgIpc) is 3.53. The van der Waals surface area contributed by atoms with E-state index in [-0.39, 0.29) is 0 Å². The summed E-state index contributed by atoms with van der Waals surface area (Å²) in [5, 5.41) is 4.93. The van der Waals surface area contributed by atoms with E-state index < -0.39 is 0 Å². The molecule has 4 heteroatoms. The van der Waals surface area contributed by atoms with Crippen molar-refractivity contribution in [3.63, 3.8) is 0 Å². The molecule has 6 aromatic carbocycles. The third-order valence-electron chi connectivity index (χ3n) is 8.83. The summed E-state index contributed by atoms with van der Waals surface area (Å²) >= 11 is 0. The molecule has 3 aromatic heterocycles. The maximum atomic E-state index is 5.27. The molecule has 0 bridgehead atoms. The van der Waals surface area contributed by atoms with Crippen molar-refractivity contribution in [2.24, 2.45) is 0 Å². The molecular formula is C38H22N4. The lowest BCUT2D eigenvalue weighted by Crippen LogP contribution is -2.02. The molecule has 0 radical (unpaired) electrons. The normalized spacial score (nSPS) is 12.3. The first-order valence-corrected chi connectivity index (χ1v) is 14.3. The minimum atomic E-state index is 0.871. The summed E-state index contributed by atoms with van der Waals surface area (Å²) in [6.45, 7) is 0. The Morgan fingerprint density at radius 1 is 0.405 bits per heavy atom. The number of benzene rings is 6. The van der Waals surface area contributed by atoms with Crippen LogP contribution in [0.15, 0.2) is 133 Å². The van der Waals surface area contributed by atoms with E-state index in [9.17, 15) is 0 Å². The highest BCUT2D eigenvalue weighted by molar-refractivity contribution is 6.17. The molecule has 194 valence electrons. The molecule has 42 heavy (non-hydrogen) atoms. The zero-order valence-corrected chi connectivity index (χ0v) is 22.5. The summed E-state index contributed by atoms with van der Waals surface area (Å²) in [5.41, 5.74) is 12.0. The molecule has 10 rings (SSSR count). The van der Waals surface area contributed by atoms with Crippen LogP contribution in [0.1, 0.15) is 0 Å². The number of rotatable bonds is 1. The van der Waals surface area contributed by atoms with Crippen LogP contribution in [0.25, 0.3) is 88.5 Å². The van der Waals surface area contributed by atoms with Gasteiger partial charge in [0.15, 0.2) is 5.82 Å². The molecule has 0 unspecified atom stereocenters. The second kappa shape index (κ2) is 7.93. The average molecular weight is 535 g/mol. The van der Waals surface area contributed by atoms with Gasteiger partial charge in [0.05, 0.1) is 33.1 Å². The van der Waals surface area contributed by atoms with Gasteiger partial charge in [-0.3, -0.25) is 4.57 Å². The van der Waals surface area contributed by atoms with Crippen LogP contribution < -0.4 is 0 Å².